The molecule has 0 spiro atoms. The van der Waals surface area contributed by atoms with Crippen LogP contribution < -0.4 is 0 Å². The third kappa shape index (κ3) is 27.8. The van der Waals surface area contributed by atoms with Gasteiger partial charge in [-0.1, -0.05) is 194 Å². The van der Waals surface area contributed by atoms with Gasteiger partial charge in [-0.15, -0.1) is 0 Å². The minimum atomic E-state index is 0.727. The van der Waals surface area contributed by atoms with Crippen LogP contribution in [0.1, 0.15) is 220 Å². The van der Waals surface area contributed by atoms with Gasteiger partial charge in [0.25, 0.3) is 0 Å². The summed E-state index contributed by atoms with van der Waals surface area (Å²) in [6, 6.07) is 0.727. The zero-order chi connectivity index (χ0) is 33.2. The largest absolute Gasteiger partial charge is 0.302 e. The zero-order valence-corrected chi connectivity index (χ0v) is 32.8. The van der Waals surface area contributed by atoms with Crippen LogP contribution in [0.4, 0.5) is 0 Å². The molecule has 0 aromatic carbocycles. The van der Waals surface area contributed by atoms with E-state index in [4.69, 9.17) is 0 Å². The summed E-state index contributed by atoms with van der Waals surface area (Å²) >= 11 is 0. The predicted octanol–water partition coefficient (Wildman–Crippen LogP) is 13.1. The third-order valence-electron chi connectivity index (χ3n) is 11.0. The number of piperazine rings is 1. The molecule has 0 aliphatic carbocycles. The van der Waals surface area contributed by atoms with Crippen molar-refractivity contribution >= 4 is 0 Å². The minimum absolute atomic E-state index is 0.727. The van der Waals surface area contributed by atoms with Crippen molar-refractivity contribution in [1.82, 2.24) is 14.7 Å². The lowest BCUT2D eigenvalue weighted by Gasteiger charge is -2.40. The van der Waals surface area contributed by atoms with Gasteiger partial charge >= 0.3 is 0 Å². The van der Waals surface area contributed by atoms with Gasteiger partial charge in [-0.3, -0.25) is 9.80 Å². The van der Waals surface area contributed by atoms with Crippen molar-refractivity contribution < 1.29 is 0 Å². The summed E-state index contributed by atoms with van der Waals surface area (Å²) in [7, 11) is 0. The maximum atomic E-state index is 2.86. The Morgan fingerprint density at radius 3 is 1.11 bits per heavy atom. The zero-order valence-electron chi connectivity index (χ0n) is 32.8. The summed E-state index contributed by atoms with van der Waals surface area (Å²) in [5.41, 5.74) is 0. The molecule has 1 atom stereocenters. The smallest absolute Gasteiger partial charge is 0.0195 e. The average molecular weight is 648 g/mol. The minimum Gasteiger partial charge on any atom is -0.302 e. The van der Waals surface area contributed by atoms with E-state index in [0.717, 1.165) is 6.04 Å². The van der Waals surface area contributed by atoms with Crippen LogP contribution in [0.3, 0.4) is 0 Å². The molecule has 1 aliphatic rings. The van der Waals surface area contributed by atoms with Crippen LogP contribution in [0.5, 0.6) is 0 Å². The summed E-state index contributed by atoms with van der Waals surface area (Å²) < 4.78 is 0. The average Bonchev–Trinajstić information content (AvgIpc) is 3.06. The molecule has 1 fully saturated rings. The normalized spacial score (nSPS) is 16.2. The van der Waals surface area contributed by atoms with Crippen LogP contribution in [-0.2, 0) is 0 Å². The molecule has 0 aromatic heterocycles. The second kappa shape index (κ2) is 34.7. The van der Waals surface area contributed by atoms with Crippen LogP contribution in [-0.4, -0.2) is 73.1 Å². The van der Waals surface area contributed by atoms with Gasteiger partial charge in [0.15, 0.2) is 0 Å². The molecule has 46 heavy (non-hydrogen) atoms. The molecule has 0 N–H and O–H groups in total. The van der Waals surface area contributed by atoms with Gasteiger partial charge in [0.1, 0.15) is 0 Å². The van der Waals surface area contributed by atoms with Crippen LogP contribution >= 0.6 is 0 Å². The van der Waals surface area contributed by atoms with Gasteiger partial charge in [0, 0.05) is 38.8 Å². The van der Waals surface area contributed by atoms with Gasteiger partial charge in [-0.2, -0.15) is 0 Å². The van der Waals surface area contributed by atoms with Gasteiger partial charge < -0.3 is 4.90 Å². The Balaban J connectivity index is 2.24. The lowest BCUT2D eigenvalue weighted by atomic mass is 10.1. The van der Waals surface area contributed by atoms with E-state index in [2.05, 4.69) is 42.4 Å². The highest BCUT2D eigenvalue weighted by Gasteiger charge is 2.23. The molecule has 3 nitrogen and oxygen atoms in total. The first-order chi connectivity index (χ1) is 22.7. The Morgan fingerprint density at radius 1 is 0.391 bits per heavy atom. The monoisotopic (exact) mass is 648 g/mol. The molecule has 1 aliphatic heterocycles. The predicted molar refractivity (Wildman–Crippen MR) is 209 cm³/mol. The van der Waals surface area contributed by atoms with E-state index in [-0.39, 0.29) is 0 Å². The number of hydrogen-bond acceptors (Lipinski definition) is 3. The van der Waals surface area contributed by atoms with E-state index in [1.807, 2.05) is 0 Å². The molecule has 0 bridgehead atoms. The topological polar surface area (TPSA) is 9.72 Å². The molecule has 1 unspecified atom stereocenters. The summed E-state index contributed by atoms with van der Waals surface area (Å²) in [5, 5.41) is 0. The lowest BCUT2D eigenvalue weighted by molar-refractivity contribution is 0.0738. The molecule has 3 heteroatoms. The summed E-state index contributed by atoms with van der Waals surface area (Å²) in [6.07, 6.45) is 43.3. The Morgan fingerprint density at radius 2 is 0.739 bits per heavy atom. The van der Waals surface area contributed by atoms with Crippen molar-refractivity contribution in [2.75, 3.05) is 52.4 Å². The fourth-order valence-corrected chi connectivity index (χ4v) is 7.67. The first-order valence-electron chi connectivity index (χ1n) is 21.9. The molecule has 1 saturated heterocycles. The van der Waals surface area contributed by atoms with Gasteiger partial charge in [0.05, 0.1) is 0 Å². The lowest BCUT2D eigenvalue weighted by Crippen LogP contribution is -2.53. The van der Waals surface area contributed by atoms with Gasteiger partial charge in [0.2, 0.25) is 0 Å². The second-order valence-corrected chi connectivity index (χ2v) is 15.6. The first kappa shape index (κ1) is 43.9. The molecular formula is C43H89N3. The van der Waals surface area contributed by atoms with Crippen molar-refractivity contribution in [2.24, 2.45) is 0 Å². The van der Waals surface area contributed by atoms with Crippen molar-refractivity contribution in [2.45, 2.75) is 226 Å². The highest BCUT2D eigenvalue weighted by Crippen LogP contribution is 2.16. The molecule has 0 radical (unpaired) electrons. The SMILES string of the molecule is CCCCCCCCCCCCN(CCCCCCCCCCCC)CCN1CCN(CCCCCCCCCCCC)C(C)C1. The van der Waals surface area contributed by atoms with Crippen LogP contribution in [0.15, 0.2) is 0 Å². The summed E-state index contributed by atoms with van der Waals surface area (Å²) in [4.78, 5) is 8.45. The highest BCUT2D eigenvalue weighted by molar-refractivity contribution is 4.80. The van der Waals surface area contributed by atoms with E-state index in [1.54, 1.807) is 0 Å². The first-order valence-corrected chi connectivity index (χ1v) is 21.9. The highest BCUT2D eigenvalue weighted by atomic mass is 15.3. The van der Waals surface area contributed by atoms with Crippen molar-refractivity contribution in [3.63, 3.8) is 0 Å². The maximum Gasteiger partial charge on any atom is 0.0195 e. The van der Waals surface area contributed by atoms with E-state index in [1.165, 1.54) is 245 Å². The van der Waals surface area contributed by atoms with Crippen molar-refractivity contribution in [3.05, 3.63) is 0 Å². The van der Waals surface area contributed by atoms with Crippen LogP contribution in [0, 0.1) is 0 Å². The van der Waals surface area contributed by atoms with Crippen molar-refractivity contribution in [3.8, 4) is 0 Å². The molecule has 0 aromatic rings. The molecular weight excluding hydrogens is 558 g/mol. The number of hydrogen-bond donors (Lipinski definition) is 0. The van der Waals surface area contributed by atoms with E-state index < -0.39 is 0 Å². The van der Waals surface area contributed by atoms with Crippen molar-refractivity contribution in [1.29, 1.82) is 0 Å². The molecule has 276 valence electrons. The fourth-order valence-electron chi connectivity index (χ4n) is 7.67. The standard InChI is InChI=1S/C43H89N3/c1-5-8-11-14-17-20-23-26-29-32-35-44(36-33-30-27-24-21-18-15-12-9-6-2)38-39-45-40-41-46(43(4)42-45)37-34-31-28-25-22-19-16-13-10-7-3/h43H,5-42H2,1-4H3. The third-order valence-corrected chi connectivity index (χ3v) is 11.0. The van der Waals surface area contributed by atoms with Crippen LogP contribution in [0.2, 0.25) is 0 Å². The maximum absolute atomic E-state index is 2.86. The van der Waals surface area contributed by atoms with E-state index in [0.29, 0.717) is 0 Å². The number of nitrogens with zero attached hydrogens (tertiary/aromatic N) is 3. The van der Waals surface area contributed by atoms with E-state index in [9.17, 15) is 0 Å². The van der Waals surface area contributed by atoms with E-state index >= 15 is 0 Å². The molecule has 0 saturated carbocycles. The van der Waals surface area contributed by atoms with Crippen LogP contribution in [0.25, 0.3) is 0 Å². The summed E-state index contributed by atoms with van der Waals surface area (Å²) in [5.74, 6) is 0. The fraction of sp³-hybridized carbons (Fsp3) is 1.00. The van der Waals surface area contributed by atoms with Gasteiger partial charge in [-0.25, -0.2) is 0 Å². The summed E-state index contributed by atoms with van der Waals surface area (Å²) in [6.45, 7) is 19.9. The second-order valence-electron chi connectivity index (χ2n) is 15.6. The Bertz CT molecular complexity index is 556. The Hall–Kier alpha value is -0.120. The molecule has 1 heterocycles. The molecule has 1 rings (SSSR count). The number of unbranched alkanes of at least 4 members (excludes halogenated alkanes) is 27. The van der Waals surface area contributed by atoms with Gasteiger partial charge in [-0.05, 0) is 45.8 Å². The molecule has 0 amide bonds. The quantitative estimate of drug-likeness (QED) is 0.0627. The number of rotatable bonds is 36. The Labute approximate surface area is 292 Å². The Kier molecular flexibility index (Phi) is 33.1.